The van der Waals surface area contributed by atoms with E-state index in [-0.39, 0.29) is 0 Å². The van der Waals surface area contributed by atoms with Crippen LogP contribution in [0.25, 0.3) is 5.69 Å². The Morgan fingerprint density at radius 2 is 2.15 bits per heavy atom. The van der Waals surface area contributed by atoms with Crippen molar-refractivity contribution in [1.29, 1.82) is 0 Å². The molecule has 0 bridgehead atoms. The molecule has 0 aromatic carbocycles. The first-order chi connectivity index (χ1) is 9.61. The second-order valence-corrected chi connectivity index (χ2v) is 5.29. The zero-order valence-electron chi connectivity index (χ0n) is 12.7. The summed E-state index contributed by atoms with van der Waals surface area (Å²) in [6.07, 6.45) is 4.93. The summed E-state index contributed by atoms with van der Waals surface area (Å²) in [5, 5.41) is 7.86. The Bertz CT molecular complexity index is 559. The average molecular weight is 273 g/mol. The van der Waals surface area contributed by atoms with Gasteiger partial charge >= 0.3 is 0 Å². The van der Waals surface area contributed by atoms with Crippen LogP contribution in [0.4, 0.5) is 0 Å². The molecule has 0 fully saturated rings. The van der Waals surface area contributed by atoms with Gasteiger partial charge in [-0.25, -0.2) is 14.6 Å². The van der Waals surface area contributed by atoms with Crippen molar-refractivity contribution in [2.24, 2.45) is 0 Å². The summed E-state index contributed by atoms with van der Waals surface area (Å²) < 4.78 is 1.85. The molecule has 0 saturated carbocycles. The smallest absolute Gasteiger partial charge is 0.131 e. The molecule has 2 aromatic heterocycles. The number of aromatic nitrogens is 4. The molecule has 0 aliphatic carbocycles. The Hall–Kier alpha value is -1.75. The second kappa shape index (κ2) is 6.61. The van der Waals surface area contributed by atoms with Crippen molar-refractivity contribution >= 4 is 0 Å². The molecule has 2 rings (SSSR count). The van der Waals surface area contributed by atoms with E-state index in [4.69, 9.17) is 4.98 Å². The molecular weight excluding hydrogens is 250 g/mol. The number of nitrogens with one attached hydrogen (secondary N) is 1. The van der Waals surface area contributed by atoms with E-state index in [2.05, 4.69) is 36.2 Å². The summed E-state index contributed by atoms with van der Waals surface area (Å²) >= 11 is 0. The van der Waals surface area contributed by atoms with Crippen LogP contribution in [0.1, 0.15) is 50.3 Å². The van der Waals surface area contributed by atoms with Gasteiger partial charge in [0.25, 0.3) is 0 Å². The summed E-state index contributed by atoms with van der Waals surface area (Å²) in [7, 11) is 0. The molecule has 5 heteroatoms. The normalized spacial score (nSPS) is 11.2. The molecule has 1 N–H and O–H groups in total. The van der Waals surface area contributed by atoms with E-state index >= 15 is 0 Å². The van der Waals surface area contributed by atoms with Gasteiger partial charge in [-0.05, 0) is 26.0 Å². The maximum atomic E-state index is 4.70. The summed E-state index contributed by atoms with van der Waals surface area (Å²) in [4.78, 5) is 9.15. The third-order valence-electron chi connectivity index (χ3n) is 3.07. The predicted molar refractivity (Wildman–Crippen MR) is 80.0 cm³/mol. The molecule has 0 unspecified atom stereocenters. The molecule has 0 aliphatic rings. The highest BCUT2D eigenvalue weighted by Gasteiger charge is 2.11. The first-order valence-electron chi connectivity index (χ1n) is 7.21. The van der Waals surface area contributed by atoms with Crippen molar-refractivity contribution < 1.29 is 0 Å². The lowest BCUT2D eigenvalue weighted by Crippen LogP contribution is -2.18. The molecule has 2 aromatic rings. The second-order valence-electron chi connectivity index (χ2n) is 5.29. The Morgan fingerprint density at radius 1 is 1.35 bits per heavy atom. The molecule has 0 amide bonds. The highest BCUT2D eigenvalue weighted by atomic mass is 15.3. The van der Waals surface area contributed by atoms with Gasteiger partial charge in [0.15, 0.2) is 0 Å². The van der Waals surface area contributed by atoms with Crippen LogP contribution < -0.4 is 5.32 Å². The lowest BCUT2D eigenvalue weighted by Gasteiger charge is -2.12. The first kappa shape index (κ1) is 14.7. The topological polar surface area (TPSA) is 55.6 Å². The predicted octanol–water partition coefficient (Wildman–Crippen LogP) is 2.59. The average Bonchev–Trinajstić information content (AvgIpc) is 2.85. The Balaban J connectivity index is 2.33. The number of rotatable bonds is 6. The number of hydrogen-bond donors (Lipinski definition) is 1. The van der Waals surface area contributed by atoms with E-state index in [1.807, 2.05) is 30.1 Å². The lowest BCUT2D eigenvalue weighted by molar-refractivity contribution is 0.644. The lowest BCUT2D eigenvalue weighted by atomic mass is 10.2. The van der Waals surface area contributed by atoms with Crippen LogP contribution >= 0.6 is 0 Å². The minimum Gasteiger partial charge on any atom is -0.311 e. The molecule has 0 spiro atoms. The first-order valence-corrected chi connectivity index (χ1v) is 7.21. The van der Waals surface area contributed by atoms with E-state index in [0.717, 1.165) is 42.4 Å². The van der Waals surface area contributed by atoms with E-state index in [1.165, 1.54) is 0 Å². The summed E-state index contributed by atoms with van der Waals surface area (Å²) in [5.74, 6) is 1.21. The minimum absolute atomic E-state index is 0.327. The van der Waals surface area contributed by atoms with E-state index in [9.17, 15) is 0 Å². The SMILES string of the molecule is CCCNCc1nc(C(C)C)ncc1-n1ccc(C)n1. The van der Waals surface area contributed by atoms with Crippen LogP contribution in [0, 0.1) is 6.92 Å². The van der Waals surface area contributed by atoms with Gasteiger partial charge in [-0.15, -0.1) is 0 Å². The Kier molecular flexibility index (Phi) is 4.84. The third kappa shape index (κ3) is 3.42. The summed E-state index contributed by atoms with van der Waals surface area (Å²) in [6.45, 7) is 10.1. The van der Waals surface area contributed by atoms with Gasteiger partial charge in [-0.3, -0.25) is 0 Å². The Labute approximate surface area is 120 Å². The van der Waals surface area contributed by atoms with Crippen molar-refractivity contribution in [2.75, 3.05) is 6.54 Å². The fourth-order valence-electron chi connectivity index (χ4n) is 1.96. The van der Waals surface area contributed by atoms with Gasteiger partial charge in [-0.1, -0.05) is 20.8 Å². The van der Waals surface area contributed by atoms with Crippen molar-refractivity contribution in [3.05, 3.63) is 35.7 Å². The van der Waals surface area contributed by atoms with Gasteiger partial charge in [0.2, 0.25) is 0 Å². The van der Waals surface area contributed by atoms with Gasteiger partial charge in [0.05, 0.1) is 17.6 Å². The fourth-order valence-corrected chi connectivity index (χ4v) is 1.96. The van der Waals surface area contributed by atoms with Gasteiger partial charge in [0.1, 0.15) is 11.5 Å². The van der Waals surface area contributed by atoms with Crippen LogP contribution in [0.5, 0.6) is 0 Å². The fraction of sp³-hybridized carbons (Fsp3) is 0.533. The summed E-state index contributed by atoms with van der Waals surface area (Å²) in [6, 6.07) is 1.99. The molecule has 5 nitrogen and oxygen atoms in total. The molecule has 108 valence electrons. The molecule has 0 saturated heterocycles. The van der Waals surface area contributed by atoms with Crippen LogP contribution in [0.15, 0.2) is 18.5 Å². The van der Waals surface area contributed by atoms with Gasteiger partial charge in [0, 0.05) is 18.7 Å². The van der Waals surface area contributed by atoms with Gasteiger partial charge in [-0.2, -0.15) is 5.10 Å². The monoisotopic (exact) mass is 273 g/mol. The third-order valence-corrected chi connectivity index (χ3v) is 3.07. The van der Waals surface area contributed by atoms with Crippen molar-refractivity contribution in [3.8, 4) is 5.69 Å². The molecule has 0 aliphatic heterocycles. The van der Waals surface area contributed by atoms with E-state index in [1.54, 1.807) is 0 Å². The zero-order valence-corrected chi connectivity index (χ0v) is 12.7. The standard InChI is InChI=1S/C15H23N5/c1-5-7-16-9-13-14(20-8-6-12(4)19-20)10-17-15(18-13)11(2)3/h6,8,10-11,16H,5,7,9H2,1-4H3. The van der Waals surface area contributed by atoms with Crippen LogP contribution in [0.2, 0.25) is 0 Å². The maximum absolute atomic E-state index is 4.70. The van der Waals surface area contributed by atoms with Gasteiger partial charge < -0.3 is 5.32 Å². The molecule has 2 heterocycles. The van der Waals surface area contributed by atoms with Crippen molar-refractivity contribution in [2.45, 2.75) is 46.6 Å². The van der Waals surface area contributed by atoms with Crippen molar-refractivity contribution in [1.82, 2.24) is 25.1 Å². The highest BCUT2D eigenvalue weighted by molar-refractivity contribution is 5.34. The highest BCUT2D eigenvalue weighted by Crippen LogP contribution is 2.15. The van der Waals surface area contributed by atoms with Crippen LogP contribution in [0.3, 0.4) is 0 Å². The number of hydrogen-bond acceptors (Lipinski definition) is 4. The molecule has 20 heavy (non-hydrogen) atoms. The molecule has 0 radical (unpaired) electrons. The quantitative estimate of drug-likeness (QED) is 0.822. The molecular formula is C15H23N5. The van der Waals surface area contributed by atoms with Crippen molar-refractivity contribution in [3.63, 3.8) is 0 Å². The molecule has 0 atom stereocenters. The Morgan fingerprint density at radius 3 is 2.75 bits per heavy atom. The van der Waals surface area contributed by atoms with E-state index < -0.39 is 0 Å². The zero-order chi connectivity index (χ0) is 14.5. The largest absolute Gasteiger partial charge is 0.311 e. The van der Waals surface area contributed by atoms with Crippen LogP contribution in [-0.2, 0) is 6.54 Å². The summed E-state index contributed by atoms with van der Waals surface area (Å²) in [5.41, 5.74) is 2.94. The minimum atomic E-state index is 0.327. The van der Waals surface area contributed by atoms with Crippen LogP contribution in [-0.4, -0.2) is 26.3 Å². The maximum Gasteiger partial charge on any atom is 0.131 e. The van der Waals surface area contributed by atoms with E-state index in [0.29, 0.717) is 5.92 Å². The number of nitrogens with zero attached hydrogens (tertiary/aromatic N) is 4. The number of aryl methyl sites for hydroxylation is 1.